The first kappa shape index (κ1) is 14.4. The van der Waals surface area contributed by atoms with Gasteiger partial charge in [0.25, 0.3) is 5.91 Å². The number of halogens is 4. The van der Waals surface area contributed by atoms with Crippen LogP contribution < -0.4 is 0 Å². The van der Waals surface area contributed by atoms with E-state index in [2.05, 4.69) is 0 Å². The summed E-state index contributed by atoms with van der Waals surface area (Å²) in [6.45, 7) is -0.474. The molecular weight excluding hydrogens is 254 g/mol. The number of amides is 1. The topological polar surface area (TPSA) is 40.5 Å². The Labute approximate surface area is 101 Å². The molecule has 1 aromatic carbocycles. The molecule has 1 rings (SSSR count). The van der Waals surface area contributed by atoms with E-state index in [1.165, 1.54) is 7.05 Å². The van der Waals surface area contributed by atoms with Gasteiger partial charge >= 0.3 is 6.18 Å². The quantitative estimate of drug-likeness (QED) is 0.848. The monoisotopic (exact) mass is 265 g/mol. The summed E-state index contributed by atoms with van der Waals surface area (Å²) in [6, 6.07) is 1.85. The van der Waals surface area contributed by atoms with Crippen LogP contribution in [0.1, 0.15) is 15.9 Å². The molecular formula is C11H11F4NO2. The molecule has 3 nitrogen and oxygen atoms in total. The van der Waals surface area contributed by atoms with Crippen LogP contribution in [0.5, 0.6) is 0 Å². The number of carbonyl (C=O) groups excluding carboxylic acids is 1. The molecule has 1 amide bonds. The Kier molecular flexibility index (Phi) is 4.28. The smallest absolute Gasteiger partial charge is 0.395 e. The lowest BCUT2D eigenvalue weighted by atomic mass is 10.1. The number of alkyl halides is 3. The van der Waals surface area contributed by atoms with Gasteiger partial charge in [-0.2, -0.15) is 13.2 Å². The van der Waals surface area contributed by atoms with Crippen LogP contribution in [0.2, 0.25) is 0 Å². The molecule has 0 aliphatic heterocycles. The zero-order chi connectivity index (χ0) is 13.9. The molecule has 7 heteroatoms. The van der Waals surface area contributed by atoms with Gasteiger partial charge in [0, 0.05) is 13.6 Å². The number of rotatable bonds is 3. The Morgan fingerprint density at radius 1 is 1.39 bits per heavy atom. The molecule has 0 unspecified atom stereocenters. The fraction of sp³-hybridized carbons (Fsp3) is 0.364. The molecule has 0 aliphatic carbocycles. The van der Waals surface area contributed by atoms with Gasteiger partial charge in [0.15, 0.2) is 0 Å². The Morgan fingerprint density at radius 3 is 2.50 bits per heavy atom. The van der Waals surface area contributed by atoms with E-state index >= 15 is 0 Å². The van der Waals surface area contributed by atoms with Gasteiger partial charge in [0.05, 0.1) is 17.7 Å². The highest BCUT2D eigenvalue weighted by Crippen LogP contribution is 2.32. The predicted molar refractivity (Wildman–Crippen MR) is 55.4 cm³/mol. The van der Waals surface area contributed by atoms with Crippen LogP contribution in [0.15, 0.2) is 18.2 Å². The molecule has 0 atom stereocenters. The number of aliphatic hydroxyl groups excluding tert-OH is 1. The van der Waals surface area contributed by atoms with Gasteiger partial charge < -0.3 is 10.0 Å². The number of nitrogens with zero attached hydrogens (tertiary/aromatic N) is 1. The first-order valence-corrected chi connectivity index (χ1v) is 5.00. The number of benzene rings is 1. The summed E-state index contributed by atoms with van der Waals surface area (Å²) in [5.74, 6) is -1.99. The van der Waals surface area contributed by atoms with E-state index in [0.29, 0.717) is 0 Å². The molecule has 0 heterocycles. The molecule has 0 radical (unpaired) electrons. The molecule has 0 aromatic heterocycles. The van der Waals surface area contributed by atoms with Gasteiger partial charge in [-0.1, -0.05) is 0 Å². The van der Waals surface area contributed by atoms with Crippen molar-refractivity contribution in [3.8, 4) is 0 Å². The van der Waals surface area contributed by atoms with E-state index in [1.807, 2.05) is 0 Å². The van der Waals surface area contributed by atoms with Crippen LogP contribution in [-0.4, -0.2) is 36.1 Å². The third-order valence-electron chi connectivity index (χ3n) is 2.30. The third-order valence-corrected chi connectivity index (χ3v) is 2.30. The van der Waals surface area contributed by atoms with E-state index < -0.39 is 29.0 Å². The molecule has 0 spiro atoms. The number of aliphatic hydroxyl groups is 1. The number of hydrogen-bond donors (Lipinski definition) is 1. The van der Waals surface area contributed by atoms with Gasteiger partial charge in [0.1, 0.15) is 5.82 Å². The van der Waals surface area contributed by atoms with Crippen molar-refractivity contribution in [3.05, 3.63) is 35.1 Å². The van der Waals surface area contributed by atoms with Gasteiger partial charge in [-0.15, -0.1) is 0 Å². The van der Waals surface area contributed by atoms with Gasteiger partial charge in [-0.25, -0.2) is 4.39 Å². The van der Waals surface area contributed by atoms with Crippen LogP contribution in [0.3, 0.4) is 0 Å². The number of likely N-dealkylation sites (N-methyl/N-ethyl adjacent to an activating group) is 1. The van der Waals surface area contributed by atoms with Crippen molar-refractivity contribution in [2.24, 2.45) is 0 Å². The first-order valence-electron chi connectivity index (χ1n) is 5.00. The van der Waals surface area contributed by atoms with Crippen LogP contribution in [0.4, 0.5) is 17.6 Å². The lowest BCUT2D eigenvalue weighted by molar-refractivity contribution is -0.138. The first-order chi connectivity index (χ1) is 8.27. The largest absolute Gasteiger partial charge is 0.417 e. The van der Waals surface area contributed by atoms with E-state index in [4.69, 9.17) is 5.11 Å². The molecule has 0 bridgehead atoms. The zero-order valence-corrected chi connectivity index (χ0v) is 9.46. The molecule has 0 saturated carbocycles. The third kappa shape index (κ3) is 3.19. The van der Waals surface area contributed by atoms with Crippen molar-refractivity contribution in [3.63, 3.8) is 0 Å². The maximum atomic E-state index is 12.8. The van der Waals surface area contributed by atoms with E-state index in [9.17, 15) is 22.4 Å². The van der Waals surface area contributed by atoms with Crippen LogP contribution in [0, 0.1) is 5.82 Å². The van der Waals surface area contributed by atoms with E-state index in [-0.39, 0.29) is 19.2 Å². The lowest BCUT2D eigenvalue weighted by Crippen LogP contribution is -2.31. The molecule has 0 saturated heterocycles. The van der Waals surface area contributed by atoms with Crippen molar-refractivity contribution in [2.75, 3.05) is 20.2 Å². The Balaban J connectivity index is 3.20. The highest BCUT2D eigenvalue weighted by atomic mass is 19.4. The molecule has 1 N–H and O–H groups in total. The molecule has 18 heavy (non-hydrogen) atoms. The average molecular weight is 265 g/mol. The van der Waals surface area contributed by atoms with Crippen LogP contribution in [-0.2, 0) is 6.18 Å². The lowest BCUT2D eigenvalue weighted by Gasteiger charge is -2.19. The second-order valence-corrected chi connectivity index (χ2v) is 3.64. The van der Waals surface area contributed by atoms with Gasteiger partial charge in [-0.3, -0.25) is 4.79 Å². The molecule has 1 aromatic rings. The molecule has 0 fully saturated rings. The second-order valence-electron chi connectivity index (χ2n) is 3.64. The summed E-state index contributed by atoms with van der Waals surface area (Å²) >= 11 is 0. The maximum Gasteiger partial charge on any atom is 0.417 e. The van der Waals surface area contributed by atoms with Crippen molar-refractivity contribution < 1.29 is 27.5 Å². The SMILES string of the molecule is CN(CCO)C(=O)c1ccc(F)cc1C(F)(F)F. The van der Waals surface area contributed by atoms with Gasteiger partial charge in [-0.05, 0) is 18.2 Å². The summed E-state index contributed by atoms with van der Waals surface area (Å²) < 4.78 is 50.8. The minimum atomic E-state index is -4.81. The molecule has 0 aliphatic rings. The molecule has 100 valence electrons. The van der Waals surface area contributed by atoms with Gasteiger partial charge in [0.2, 0.25) is 0 Å². The minimum Gasteiger partial charge on any atom is -0.395 e. The summed E-state index contributed by atoms with van der Waals surface area (Å²) in [6.07, 6.45) is -4.81. The van der Waals surface area contributed by atoms with E-state index in [0.717, 1.165) is 17.0 Å². The number of carbonyl (C=O) groups is 1. The minimum absolute atomic E-state index is 0.104. The normalized spacial score (nSPS) is 11.4. The fourth-order valence-electron chi connectivity index (χ4n) is 1.39. The van der Waals surface area contributed by atoms with Crippen LogP contribution in [0.25, 0.3) is 0 Å². The highest BCUT2D eigenvalue weighted by molar-refractivity contribution is 5.95. The van der Waals surface area contributed by atoms with Crippen molar-refractivity contribution in [1.29, 1.82) is 0 Å². The summed E-state index contributed by atoms with van der Waals surface area (Å²) in [7, 11) is 1.25. The Morgan fingerprint density at radius 2 is 2.00 bits per heavy atom. The van der Waals surface area contributed by atoms with Crippen LogP contribution >= 0.6 is 0 Å². The Hall–Kier alpha value is -1.63. The van der Waals surface area contributed by atoms with Crippen molar-refractivity contribution >= 4 is 5.91 Å². The summed E-state index contributed by atoms with van der Waals surface area (Å²) in [5, 5.41) is 8.63. The zero-order valence-electron chi connectivity index (χ0n) is 9.46. The predicted octanol–water partition coefficient (Wildman–Crippen LogP) is 1.91. The summed E-state index contributed by atoms with van der Waals surface area (Å²) in [4.78, 5) is 12.6. The maximum absolute atomic E-state index is 12.8. The highest BCUT2D eigenvalue weighted by Gasteiger charge is 2.36. The Bertz CT molecular complexity index is 445. The standard InChI is InChI=1S/C11H11F4NO2/c1-16(4-5-17)10(18)8-3-2-7(12)6-9(8)11(13,14)15/h2-3,6,17H,4-5H2,1H3. The average Bonchev–Trinajstić information content (AvgIpc) is 2.27. The van der Waals surface area contributed by atoms with Crippen molar-refractivity contribution in [1.82, 2.24) is 4.90 Å². The fourth-order valence-corrected chi connectivity index (χ4v) is 1.39. The second kappa shape index (κ2) is 5.34. The number of hydrogen-bond acceptors (Lipinski definition) is 2. The van der Waals surface area contributed by atoms with Crippen molar-refractivity contribution in [2.45, 2.75) is 6.18 Å². The van der Waals surface area contributed by atoms with E-state index in [1.54, 1.807) is 0 Å². The summed E-state index contributed by atoms with van der Waals surface area (Å²) in [5.41, 5.74) is -1.96.